The van der Waals surface area contributed by atoms with Crippen molar-refractivity contribution < 1.29 is 9.59 Å². The van der Waals surface area contributed by atoms with Gasteiger partial charge in [-0.2, -0.15) is 0 Å². The van der Waals surface area contributed by atoms with Crippen LogP contribution >= 0.6 is 11.6 Å². The van der Waals surface area contributed by atoms with Crippen LogP contribution in [0.1, 0.15) is 32.6 Å². The van der Waals surface area contributed by atoms with Crippen LogP contribution in [0.3, 0.4) is 0 Å². The summed E-state index contributed by atoms with van der Waals surface area (Å²) in [5, 5.41) is 3.51. The molecule has 2 amide bonds. The van der Waals surface area contributed by atoms with Gasteiger partial charge in [-0.15, -0.1) is 0 Å². The Morgan fingerprint density at radius 1 is 1.19 bits per heavy atom. The highest BCUT2D eigenvalue weighted by Gasteiger charge is 2.33. The van der Waals surface area contributed by atoms with Gasteiger partial charge in [0.2, 0.25) is 11.8 Å². The van der Waals surface area contributed by atoms with Gasteiger partial charge in [-0.05, 0) is 44.7 Å². The van der Waals surface area contributed by atoms with Crippen molar-refractivity contribution in [3.63, 3.8) is 0 Å². The van der Waals surface area contributed by atoms with E-state index in [1.165, 1.54) is 0 Å². The number of hydrogen-bond donors (Lipinski definition) is 1. The van der Waals surface area contributed by atoms with Crippen LogP contribution < -0.4 is 10.2 Å². The van der Waals surface area contributed by atoms with E-state index < -0.39 is 0 Å². The Bertz CT molecular complexity index is 629. The van der Waals surface area contributed by atoms with Crippen molar-refractivity contribution in [3.8, 4) is 0 Å². The van der Waals surface area contributed by atoms with E-state index >= 15 is 0 Å². The molecule has 0 saturated carbocycles. The molecule has 0 bridgehead atoms. The molecule has 1 aromatic rings. The average molecular weight is 379 g/mol. The molecule has 1 N–H and O–H groups in total. The topological polar surface area (TPSA) is 65.5 Å². The van der Waals surface area contributed by atoms with Crippen molar-refractivity contribution in [3.05, 3.63) is 23.4 Å². The Labute approximate surface area is 159 Å². The standard InChI is InChI=1S/C19H27ClN4O2/c1-2-21-18(25)15-4-3-9-24(13-15)19(26)14-7-10-23(11-8-14)17-6-5-16(20)12-22-17/h5-6,12,14-15H,2-4,7-11,13H2,1H3,(H,21,25). The third-order valence-corrected chi connectivity index (χ3v) is 5.56. The predicted molar refractivity (Wildman–Crippen MR) is 102 cm³/mol. The van der Waals surface area contributed by atoms with Crippen molar-refractivity contribution in [2.45, 2.75) is 32.6 Å². The molecule has 6 nitrogen and oxygen atoms in total. The first-order chi connectivity index (χ1) is 12.6. The number of nitrogens with one attached hydrogen (secondary N) is 1. The van der Waals surface area contributed by atoms with Gasteiger partial charge in [0.25, 0.3) is 0 Å². The van der Waals surface area contributed by atoms with E-state index in [1.807, 2.05) is 24.0 Å². The third kappa shape index (κ3) is 4.47. The number of aromatic nitrogens is 1. The highest BCUT2D eigenvalue weighted by molar-refractivity contribution is 6.30. The molecular formula is C19H27ClN4O2. The normalized spacial score (nSPS) is 21.5. The number of halogens is 1. The van der Waals surface area contributed by atoms with Gasteiger partial charge >= 0.3 is 0 Å². The van der Waals surface area contributed by atoms with E-state index in [0.29, 0.717) is 18.1 Å². The molecule has 26 heavy (non-hydrogen) atoms. The first-order valence-electron chi connectivity index (χ1n) is 9.51. The summed E-state index contributed by atoms with van der Waals surface area (Å²) < 4.78 is 0. The highest BCUT2D eigenvalue weighted by atomic mass is 35.5. The van der Waals surface area contributed by atoms with Gasteiger partial charge in [0.15, 0.2) is 0 Å². The molecule has 7 heteroatoms. The molecule has 1 atom stereocenters. The van der Waals surface area contributed by atoms with Crippen LogP contribution in [-0.2, 0) is 9.59 Å². The maximum Gasteiger partial charge on any atom is 0.225 e. The minimum atomic E-state index is -0.0639. The molecule has 0 radical (unpaired) electrons. The smallest absolute Gasteiger partial charge is 0.225 e. The van der Waals surface area contributed by atoms with E-state index in [9.17, 15) is 9.59 Å². The number of pyridine rings is 1. The van der Waals surface area contributed by atoms with Crippen molar-refractivity contribution in [1.29, 1.82) is 0 Å². The number of hydrogen-bond acceptors (Lipinski definition) is 4. The fourth-order valence-corrected chi connectivity index (χ4v) is 3.99. The molecule has 2 aliphatic rings. The molecule has 1 unspecified atom stereocenters. The number of likely N-dealkylation sites (tertiary alicyclic amines) is 1. The summed E-state index contributed by atoms with van der Waals surface area (Å²) in [4.78, 5) is 33.5. The maximum atomic E-state index is 12.9. The lowest BCUT2D eigenvalue weighted by Gasteiger charge is -2.37. The SMILES string of the molecule is CCNC(=O)C1CCCN(C(=O)C2CCN(c3ccc(Cl)cn3)CC2)C1. The molecule has 1 aromatic heterocycles. The lowest BCUT2D eigenvalue weighted by Crippen LogP contribution is -2.49. The summed E-state index contributed by atoms with van der Waals surface area (Å²) in [6.45, 7) is 5.53. The summed E-state index contributed by atoms with van der Waals surface area (Å²) in [7, 11) is 0. The summed E-state index contributed by atoms with van der Waals surface area (Å²) in [5.74, 6) is 1.18. The average Bonchev–Trinajstić information content (AvgIpc) is 2.68. The minimum absolute atomic E-state index is 0.0477. The molecule has 3 heterocycles. The van der Waals surface area contributed by atoms with Gasteiger partial charge in [0, 0.05) is 44.8 Å². The second-order valence-electron chi connectivity index (χ2n) is 7.11. The second-order valence-corrected chi connectivity index (χ2v) is 7.55. The summed E-state index contributed by atoms with van der Waals surface area (Å²) in [5.41, 5.74) is 0. The number of amides is 2. The third-order valence-electron chi connectivity index (χ3n) is 5.33. The number of rotatable bonds is 4. The Morgan fingerprint density at radius 3 is 2.62 bits per heavy atom. The van der Waals surface area contributed by atoms with Crippen molar-refractivity contribution in [2.75, 3.05) is 37.6 Å². The highest BCUT2D eigenvalue weighted by Crippen LogP contribution is 2.26. The molecular weight excluding hydrogens is 352 g/mol. The van der Waals surface area contributed by atoms with Crippen molar-refractivity contribution in [2.24, 2.45) is 11.8 Å². The zero-order chi connectivity index (χ0) is 18.5. The predicted octanol–water partition coefficient (Wildman–Crippen LogP) is 2.33. The quantitative estimate of drug-likeness (QED) is 0.873. The van der Waals surface area contributed by atoms with Gasteiger partial charge in [0.1, 0.15) is 5.82 Å². The van der Waals surface area contributed by atoms with Gasteiger partial charge in [-0.1, -0.05) is 11.6 Å². The van der Waals surface area contributed by atoms with E-state index in [0.717, 1.165) is 51.1 Å². The Morgan fingerprint density at radius 2 is 1.96 bits per heavy atom. The number of carbonyl (C=O) groups excluding carboxylic acids is 2. The zero-order valence-electron chi connectivity index (χ0n) is 15.3. The number of carbonyl (C=O) groups is 2. The van der Waals surface area contributed by atoms with Gasteiger partial charge in [-0.25, -0.2) is 4.98 Å². The second kappa shape index (κ2) is 8.71. The number of anilines is 1. The minimum Gasteiger partial charge on any atom is -0.357 e. The van der Waals surface area contributed by atoms with Crippen LogP contribution in [0.4, 0.5) is 5.82 Å². The Hall–Kier alpha value is -1.82. The van der Waals surface area contributed by atoms with Gasteiger partial charge in [-0.3, -0.25) is 9.59 Å². The van der Waals surface area contributed by atoms with Crippen LogP contribution in [0.15, 0.2) is 18.3 Å². The lowest BCUT2D eigenvalue weighted by molar-refractivity contribution is -0.139. The molecule has 2 aliphatic heterocycles. The largest absolute Gasteiger partial charge is 0.357 e. The van der Waals surface area contributed by atoms with Crippen molar-refractivity contribution >= 4 is 29.2 Å². The van der Waals surface area contributed by atoms with Crippen molar-refractivity contribution in [1.82, 2.24) is 15.2 Å². The fourth-order valence-electron chi connectivity index (χ4n) is 3.88. The first-order valence-corrected chi connectivity index (χ1v) is 9.89. The van der Waals surface area contributed by atoms with Crippen LogP contribution in [0.5, 0.6) is 0 Å². The monoisotopic (exact) mass is 378 g/mol. The van der Waals surface area contributed by atoms with Crippen LogP contribution in [-0.4, -0.2) is 54.4 Å². The van der Waals surface area contributed by atoms with E-state index in [4.69, 9.17) is 11.6 Å². The van der Waals surface area contributed by atoms with Crippen LogP contribution in [0.2, 0.25) is 5.02 Å². The lowest BCUT2D eigenvalue weighted by atomic mass is 9.92. The number of piperidine rings is 2. The number of nitrogens with zero attached hydrogens (tertiary/aromatic N) is 3. The molecule has 2 fully saturated rings. The van der Waals surface area contributed by atoms with Gasteiger partial charge in [0.05, 0.1) is 10.9 Å². The summed E-state index contributed by atoms with van der Waals surface area (Å²) in [6, 6.07) is 3.77. The maximum absolute atomic E-state index is 12.9. The molecule has 2 saturated heterocycles. The Balaban J connectivity index is 1.53. The molecule has 0 spiro atoms. The molecule has 142 valence electrons. The van der Waals surface area contributed by atoms with E-state index in [2.05, 4.69) is 15.2 Å². The fraction of sp³-hybridized carbons (Fsp3) is 0.632. The van der Waals surface area contributed by atoms with E-state index in [-0.39, 0.29) is 23.7 Å². The Kier molecular flexibility index (Phi) is 6.35. The zero-order valence-corrected chi connectivity index (χ0v) is 16.0. The summed E-state index contributed by atoms with van der Waals surface area (Å²) >= 11 is 5.90. The molecule has 0 aliphatic carbocycles. The van der Waals surface area contributed by atoms with Crippen LogP contribution in [0, 0.1) is 11.8 Å². The van der Waals surface area contributed by atoms with Crippen LogP contribution in [0.25, 0.3) is 0 Å². The molecule has 0 aromatic carbocycles. The molecule has 3 rings (SSSR count). The summed E-state index contributed by atoms with van der Waals surface area (Å²) in [6.07, 6.45) is 5.08. The van der Waals surface area contributed by atoms with Gasteiger partial charge < -0.3 is 15.1 Å². The first kappa shape index (κ1) is 19.0. The van der Waals surface area contributed by atoms with E-state index in [1.54, 1.807) is 6.20 Å².